The Hall–Kier alpha value is -1.52. The Morgan fingerprint density at radius 2 is 1.48 bits per heavy atom. The van der Waals surface area contributed by atoms with E-state index in [1.807, 2.05) is 24.3 Å². The summed E-state index contributed by atoms with van der Waals surface area (Å²) in [6.45, 7) is 0. The third-order valence-corrected chi connectivity index (χ3v) is 3.75. The van der Waals surface area contributed by atoms with Gasteiger partial charge in [0.05, 0.1) is 5.56 Å². The van der Waals surface area contributed by atoms with Crippen LogP contribution in [0.2, 0.25) is 0 Å². The molecule has 0 radical (unpaired) electrons. The molecule has 5 heteroatoms. The maximum absolute atomic E-state index is 12.7. The van der Waals surface area contributed by atoms with Gasteiger partial charge >= 0.3 is 6.18 Å². The highest BCUT2D eigenvalue weighted by Gasteiger charge is 2.40. The van der Waals surface area contributed by atoms with E-state index in [0.29, 0.717) is 5.56 Å². The molecule has 0 saturated heterocycles. The molecule has 0 spiro atoms. The molecule has 3 rings (SSSR count). The molecule has 1 aliphatic rings. The molecule has 1 saturated carbocycles. The minimum atomic E-state index is -4.32. The van der Waals surface area contributed by atoms with E-state index >= 15 is 0 Å². The van der Waals surface area contributed by atoms with Gasteiger partial charge in [-0.2, -0.15) is 13.2 Å². The summed E-state index contributed by atoms with van der Waals surface area (Å²) in [4.78, 5) is 0. The topological polar surface area (TPSA) is 26.0 Å². The van der Waals surface area contributed by atoms with Crippen LogP contribution in [0.1, 0.15) is 24.0 Å². The molecule has 0 aromatic heterocycles. The van der Waals surface area contributed by atoms with Gasteiger partial charge in [-0.15, -0.1) is 12.4 Å². The van der Waals surface area contributed by atoms with Crippen LogP contribution in [0, 0.1) is 0 Å². The van der Waals surface area contributed by atoms with Gasteiger partial charge in [0.25, 0.3) is 0 Å². The highest BCUT2D eigenvalue weighted by atomic mass is 35.5. The first-order valence-corrected chi connectivity index (χ1v) is 6.46. The van der Waals surface area contributed by atoms with Crippen molar-refractivity contribution in [1.82, 2.24) is 0 Å². The second-order valence-corrected chi connectivity index (χ2v) is 5.32. The third-order valence-electron chi connectivity index (χ3n) is 3.75. The van der Waals surface area contributed by atoms with Crippen molar-refractivity contribution in [3.63, 3.8) is 0 Å². The van der Waals surface area contributed by atoms with Crippen LogP contribution >= 0.6 is 12.4 Å². The van der Waals surface area contributed by atoms with Crippen LogP contribution in [-0.4, -0.2) is 0 Å². The molecular formula is C16H15ClF3N. The average Bonchev–Trinajstić information content (AvgIpc) is 3.18. The van der Waals surface area contributed by atoms with Crippen LogP contribution < -0.4 is 5.73 Å². The Kier molecular flexibility index (Phi) is 4.04. The van der Waals surface area contributed by atoms with Gasteiger partial charge in [-0.3, -0.25) is 0 Å². The molecule has 0 amide bonds. The summed E-state index contributed by atoms with van der Waals surface area (Å²) < 4.78 is 38.2. The molecule has 1 fully saturated rings. The molecule has 0 bridgehead atoms. The predicted octanol–water partition coefficient (Wildman–Crippen LogP) is 4.74. The number of benzene rings is 2. The average molecular weight is 314 g/mol. The monoisotopic (exact) mass is 313 g/mol. The SMILES string of the molecule is Cl.NC1(c2cccc(-c3cccc(C(F)(F)F)c3)c2)CC1. The number of nitrogens with two attached hydrogens (primary N) is 1. The predicted molar refractivity (Wildman–Crippen MR) is 79.2 cm³/mol. The second kappa shape index (κ2) is 5.35. The highest BCUT2D eigenvalue weighted by Crippen LogP contribution is 2.43. The fraction of sp³-hybridized carbons (Fsp3) is 0.250. The fourth-order valence-electron chi connectivity index (χ4n) is 2.31. The quantitative estimate of drug-likeness (QED) is 0.851. The first-order valence-electron chi connectivity index (χ1n) is 6.46. The lowest BCUT2D eigenvalue weighted by Crippen LogP contribution is -2.18. The van der Waals surface area contributed by atoms with E-state index in [0.717, 1.165) is 30.0 Å². The molecule has 2 aromatic rings. The Morgan fingerprint density at radius 1 is 0.905 bits per heavy atom. The van der Waals surface area contributed by atoms with Gasteiger partial charge in [-0.1, -0.05) is 30.3 Å². The van der Waals surface area contributed by atoms with Crippen molar-refractivity contribution in [1.29, 1.82) is 0 Å². The Balaban J connectivity index is 0.00000161. The third kappa shape index (κ3) is 3.22. The van der Waals surface area contributed by atoms with Crippen LogP contribution in [0.5, 0.6) is 0 Å². The maximum Gasteiger partial charge on any atom is 0.416 e. The van der Waals surface area contributed by atoms with E-state index in [2.05, 4.69) is 0 Å². The van der Waals surface area contributed by atoms with Crippen LogP contribution in [0.4, 0.5) is 13.2 Å². The van der Waals surface area contributed by atoms with Gasteiger partial charge < -0.3 is 5.73 Å². The van der Waals surface area contributed by atoms with E-state index in [-0.39, 0.29) is 17.9 Å². The number of alkyl halides is 3. The van der Waals surface area contributed by atoms with E-state index < -0.39 is 11.7 Å². The maximum atomic E-state index is 12.7. The number of halogens is 4. The van der Waals surface area contributed by atoms with Crippen molar-refractivity contribution in [2.24, 2.45) is 5.73 Å². The molecule has 0 aliphatic heterocycles. The van der Waals surface area contributed by atoms with Gasteiger partial charge in [-0.05, 0) is 47.7 Å². The fourth-order valence-corrected chi connectivity index (χ4v) is 2.31. The number of rotatable bonds is 2. The van der Waals surface area contributed by atoms with Gasteiger partial charge in [0.15, 0.2) is 0 Å². The van der Waals surface area contributed by atoms with E-state index in [4.69, 9.17) is 5.73 Å². The zero-order valence-corrected chi connectivity index (χ0v) is 12.0. The summed E-state index contributed by atoms with van der Waals surface area (Å²) in [5.41, 5.74) is 7.55. The standard InChI is InChI=1S/C16H14F3N.ClH/c17-16(18,19)14-6-2-4-12(10-14)11-3-1-5-13(9-11)15(20)7-8-15;/h1-6,9-10H,7-8,20H2;1H. The zero-order valence-electron chi connectivity index (χ0n) is 11.2. The van der Waals surface area contributed by atoms with Crippen molar-refractivity contribution in [2.75, 3.05) is 0 Å². The summed E-state index contributed by atoms with van der Waals surface area (Å²) in [5, 5.41) is 0. The van der Waals surface area contributed by atoms with Crippen molar-refractivity contribution in [3.8, 4) is 11.1 Å². The molecule has 0 unspecified atom stereocenters. The molecular weight excluding hydrogens is 299 g/mol. The van der Waals surface area contributed by atoms with E-state index in [1.165, 1.54) is 12.1 Å². The summed E-state index contributed by atoms with van der Waals surface area (Å²) >= 11 is 0. The summed E-state index contributed by atoms with van der Waals surface area (Å²) in [6, 6.07) is 12.9. The zero-order chi connectivity index (χ0) is 14.4. The minimum absolute atomic E-state index is 0. The van der Waals surface area contributed by atoms with Crippen molar-refractivity contribution in [3.05, 3.63) is 59.7 Å². The second-order valence-electron chi connectivity index (χ2n) is 5.32. The Morgan fingerprint density at radius 3 is 2.05 bits per heavy atom. The van der Waals surface area contributed by atoms with Gasteiger partial charge in [-0.25, -0.2) is 0 Å². The smallest absolute Gasteiger partial charge is 0.321 e. The van der Waals surface area contributed by atoms with Crippen LogP contribution in [-0.2, 0) is 11.7 Å². The number of hydrogen-bond donors (Lipinski definition) is 1. The van der Waals surface area contributed by atoms with E-state index in [9.17, 15) is 13.2 Å². The van der Waals surface area contributed by atoms with Gasteiger partial charge in [0.2, 0.25) is 0 Å². The lowest BCUT2D eigenvalue weighted by atomic mass is 9.97. The molecule has 112 valence electrons. The lowest BCUT2D eigenvalue weighted by molar-refractivity contribution is -0.137. The summed E-state index contributed by atoms with van der Waals surface area (Å²) in [7, 11) is 0. The van der Waals surface area contributed by atoms with Crippen LogP contribution in [0.15, 0.2) is 48.5 Å². The Labute approximate surface area is 127 Å². The van der Waals surface area contributed by atoms with Crippen molar-refractivity contribution < 1.29 is 13.2 Å². The molecule has 0 atom stereocenters. The summed E-state index contributed by atoms with van der Waals surface area (Å²) in [6.07, 6.45) is -2.46. The summed E-state index contributed by atoms with van der Waals surface area (Å²) in [5.74, 6) is 0. The van der Waals surface area contributed by atoms with E-state index in [1.54, 1.807) is 6.07 Å². The van der Waals surface area contributed by atoms with Crippen molar-refractivity contribution in [2.45, 2.75) is 24.6 Å². The first kappa shape index (κ1) is 15.9. The van der Waals surface area contributed by atoms with Crippen molar-refractivity contribution >= 4 is 12.4 Å². The highest BCUT2D eigenvalue weighted by molar-refractivity contribution is 5.85. The molecule has 1 nitrogen and oxygen atoms in total. The normalized spacial score (nSPS) is 16.2. The van der Waals surface area contributed by atoms with Gasteiger partial charge in [0.1, 0.15) is 0 Å². The molecule has 0 heterocycles. The first-order chi connectivity index (χ1) is 9.38. The Bertz CT molecular complexity index is 601. The number of hydrogen-bond acceptors (Lipinski definition) is 1. The molecule has 1 aliphatic carbocycles. The van der Waals surface area contributed by atoms with Gasteiger partial charge in [0, 0.05) is 5.54 Å². The molecule has 2 N–H and O–H groups in total. The molecule has 21 heavy (non-hydrogen) atoms. The minimum Gasteiger partial charge on any atom is -0.321 e. The molecule has 2 aromatic carbocycles. The lowest BCUT2D eigenvalue weighted by Gasteiger charge is -2.12. The largest absolute Gasteiger partial charge is 0.416 e. The van der Waals surface area contributed by atoms with Crippen LogP contribution in [0.3, 0.4) is 0 Å². The van der Waals surface area contributed by atoms with Crippen LogP contribution in [0.25, 0.3) is 11.1 Å².